The van der Waals surface area contributed by atoms with E-state index >= 15 is 0 Å². The predicted molar refractivity (Wildman–Crippen MR) is 86.7 cm³/mol. The normalized spacial score (nSPS) is 11.9. The number of halogens is 2. The number of hydrogen-bond donors (Lipinski definition) is 3. The average Bonchev–Trinajstić information content (AvgIpc) is 3.00. The molecule has 0 fully saturated rings. The van der Waals surface area contributed by atoms with E-state index in [2.05, 4.69) is 10.6 Å². The largest absolute Gasteiger partial charge is 0.480 e. The lowest BCUT2D eigenvalue weighted by molar-refractivity contribution is -0.141. The third kappa shape index (κ3) is 5.28. The molecule has 1 atom stereocenters. The van der Waals surface area contributed by atoms with Gasteiger partial charge < -0.3 is 14.8 Å². The molecule has 0 aliphatic rings. The van der Waals surface area contributed by atoms with Gasteiger partial charge in [-0.2, -0.15) is 0 Å². The second-order valence-corrected chi connectivity index (χ2v) is 5.55. The van der Waals surface area contributed by atoms with E-state index in [1.54, 1.807) is 24.3 Å². The molecule has 3 N–H and O–H groups in total. The van der Waals surface area contributed by atoms with Gasteiger partial charge >= 0.3 is 5.97 Å². The summed E-state index contributed by atoms with van der Waals surface area (Å²) in [5, 5.41) is 15.2. The first-order valence-corrected chi connectivity index (χ1v) is 7.45. The van der Waals surface area contributed by atoms with Gasteiger partial charge in [-0.05, 0) is 30.3 Å². The summed E-state index contributed by atoms with van der Waals surface area (Å²) < 4.78 is 5.11. The molecular weight excluding hydrogens is 343 g/mol. The maximum absolute atomic E-state index is 12.0. The zero-order valence-electron chi connectivity index (χ0n) is 11.9. The Labute approximate surface area is 142 Å². The zero-order chi connectivity index (χ0) is 16.8. The van der Waals surface area contributed by atoms with Gasteiger partial charge in [0.15, 0.2) is 0 Å². The fourth-order valence-electron chi connectivity index (χ4n) is 1.86. The number of carbonyl (C=O) groups is 2. The minimum Gasteiger partial charge on any atom is -0.480 e. The van der Waals surface area contributed by atoms with Gasteiger partial charge in [-0.15, -0.1) is 0 Å². The highest BCUT2D eigenvalue weighted by Crippen LogP contribution is 2.25. The van der Waals surface area contributed by atoms with E-state index in [1.165, 1.54) is 12.3 Å². The van der Waals surface area contributed by atoms with Gasteiger partial charge in [0.1, 0.15) is 11.8 Å². The molecular formula is C15H14Cl2N2O4. The van der Waals surface area contributed by atoms with Gasteiger partial charge in [0.2, 0.25) is 5.91 Å². The van der Waals surface area contributed by atoms with Crippen LogP contribution in [0.3, 0.4) is 0 Å². The molecule has 0 aliphatic carbocycles. The maximum Gasteiger partial charge on any atom is 0.321 e. The number of carboxylic acid groups (broad SMARTS) is 1. The highest BCUT2D eigenvalue weighted by atomic mass is 35.5. The summed E-state index contributed by atoms with van der Waals surface area (Å²) in [6.07, 6.45) is 1.25. The molecule has 1 heterocycles. The molecule has 0 bridgehead atoms. The molecule has 0 unspecified atom stereocenters. The molecule has 1 aromatic carbocycles. The summed E-state index contributed by atoms with van der Waals surface area (Å²) in [6, 6.07) is 6.99. The molecule has 0 aliphatic heterocycles. The number of hydrogen-bond acceptors (Lipinski definition) is 4. The van der Waals surface area contributed by atoms with Crippen molar-refractivity contribution in [1.29, 1.82) is 0 Å². The highest BCUT2D eigenvalue weighted by Gasteiger charge is 2.21. The summed E-state index contributed by atoms with van der Waals surface area (Å²) in [5.41, 5.74) is 0.444. The van der Waals surface area contributed by atoms with Crippen LogP contribution in [0.1, 0.15) is 12.2 Å². The topological polar surface area (TPSA) is 91.6 Å². The summed E-state index contributed by atoms with van der Waals surface area (Å²) >= 11 is 11.7. The van der Waals surface area contributed by atoms with Crippen LogP contribution >= 0.6 is 23.2 Å². The molecule has 1 amide bonds. The third-order valence-corrected chi connectivity index (χ3v) is 3.73. The molecule has 0 spiro atoms. The fourth-order valence-corrected chi connectivity index (χ4v) is 2.15. The highest BCUT2D eigenvalue weighted by molar-refractivity contribution is 6.42. The number of furan rings is 1. The number of benzene rings is 1. The van der Waals surface area contributed by atoms with Crippen molar-refractivity contribution < 1.29 is 19.1 Å². The standard InChI is InChI=1S/C15H14Cl2N2O4/c16-11-4-3-9(6-12(11)17)19-14(20)7-13(15(21)22)18-8-10-2-1-5-23-10/h1-6,13,18H,7-8H2,(H,19,20)(H,21,22)/t13-/m0/s1. The summed E-state index contributed by atoms with van der Waals surface area (Å²) in [6.45, 7) is 0.212. The van der Waals surface area contributed by atoms with Crippen molar-refractivity contribution in [2.45, 2.75) is 19.0 Å². The van der Waals surface area contributed by atoms with Crippen LogP contribution in [-0.4, -0.2) is 23.0 Å². The van der Waals surface area contributed by atoms with Crippen LogP contribution < -0.4 is 10.6 Å². The van der Waals surface area contributed by atoms with E-state index in [0.29, 0.717) is 21.5 Å². The molecule has 2 rings (SSSR count). The van der Waals surface area contributed by atoms with Gasteiger partial charge in [-0.25, -0.2) is 0 Å². The number of nitrogens with one attached hydrogen (secondary N) is 2. The van der Waals surface area contributed by atoms with E-state index in [4.69, 9.17) is 27.6 Å². The van der Waals surface area contributed by atoms with Crippen molar-refractivity contribution in [2.24, 2.45) is 0 Å². The Hall–Kier alpha value is -2.02. The van der Waals surface area contributed by atoms with Crippen LogP contribution in [0.25, 0.3) is 0 Å². The van der Waals surface area contributed by atoms with Gasteiger partial charge in [0.05, 0.1) is 29.3 Å². The smallest absolute Gasteiger partial charge is 0.321 e. The number of carbonyl (C=O) groups excluding carboxylic acids is 1. The molecule has 1 aromatic heterocycles. The van der Waals surface area contributed by atoms with Crippen molar-refractivity contribution >= 4 is 40.8 Å². The zero-order valence-corrected chi connectivity index (χ0v) is 13.4. The summed E-state index contributed by atoms with van der Waals surface area (Å²) in [4.78, 5) is 23.2. The maximum atomic E-state index is 12.0. The van der Waals surface area contributed by atoms with E-state index in [1.807, 2.05) is 0 Å². The van der Waals surface area contributed by atoms with Crippen molar-refractivity contribution in [2.75, 3.05) is 5.32 Å². The van der Waals surface area contributed by atoms with Gasteiger partial charge in [0.25, 0.3) is 0 Å². The molecule has 23 heavy (non-hydrogen) atoms. The Morgan fingerprint density at radius 2 is 2.00 bits per heavy atom. The van der Waals surface area contributed by atoms with Crippen molar-refractivity contribution in [1.82, 2.24) is 5.32 Å². The first-order valence-electron chi connectivity index (χ1n) is 6.69. The summed E-state index contributed by atoms with van der Waals surface area (Å²) in [5.74, 6) is -0.996. The molecule has 8 heteroatoms. The number of amides is 1. The van der Waals surface area contributed by atoms with Gasteiger partial charge in [-0.1, -0.05) is 23.2 Å². The SMILES string of the molecule is O=C(C[C@H](NCc1ccco1)C(=O)O)Nc1ccc(Cl)c(Cl)c1. The molecule has 2 aromatic rings. The molecule has 6 nitrogen and oxygen atoms in total. The van der Waals surface area contributed by atoms with E-state index < -0.39 is 17.9 Å². The average molecular weight is 357 g/mol. The monoisotopic (exact) mass is 356 g/mol. The number of rotatable bonds is 7. The second kappa shape index (κ2) is 8.01. The Morgan fingerprint density at radius 1 is 1.22 bits per heavy atom. The Bertz CT molecular complexity index is 689. The minimum atomic E-state index is -1.12. The lowest BCUT2D eigenvalue weighted by Crippen LogP contribution is -2.39. The molecule has 0 saturated carbocycles. The second-order valence-electron chi connectivity index (χ2n) is 4.73. The van der Waals surface area contributed by atoms with Gasteiger partial charge in [-0.3, -0.25) is 14.9 Å². The molecule has 0 radical (unpaired) electrons. The first kappa shape index (κ1) is 17.3. The van der Waals surface area contributed by atoms with E-state index in [9.17, 15) is 14.7 Å². The quantitative estimate of drug-likeness (QED) is 0.708. The lowest BCUT2D eigenvalue weighted by atomic mass is 10.2. The van der Waals surface area contributed by atoms with E-state index in [-0.39, 0.29) is 13.0 Å². The molecule has 0 saturated heterocycles. The van der Waals surface area contributed by atoms with Crippen molar-refractivity contribution in [3.05, 3.63) is 52.4 Å². The van der Waals surface area contributed by atoms with E-state index in [0.717, 1.165) is 0 Å². The lowest BCUT2D eigenvalue weighted by Gasteiger charge is -2.14. The Balaban J connectivity index is 1.91. The van der Waals surface area contributed by atoms with Crippen LogP contribution in [0, 0.1) is 0 Å². The fraction of sp³-hybridized carbons (Fsp3) is 0.200. The van der Waals surface area contributed by atoms with Crippen LogP contribution in [0.15, 0.2) is 41.0 Å². The third-order valence-electron chi connectivity index (χ3n) is 2.99. The number of aliphatic carboxylic acids is 1. The van der Waals surface area contributed by atoms with Crippen LogP contribution in [-0.2, 0) is 16.1 Å². The number of carboxylic acids is 1. The summed E-state index contributed by atoms with van der Waals surface area (Å²) in [7, 11) is 0. The van der Waals surface area contributed by atoms with Crippen LogP contribution in [0.4, 0.5) is 5.69 Å². The van der Waals surface area contributed by atoms with Crippen LogP contribution in [0.5, 0.6) is 0 Å². The Morgan fingerprint density at radius 3 is 2.61 bits per heavy atom. The predicted octanol–water partition coefficient (Wildman–Crippen LogP) is 3.16. The minimum absolute atomic E-state index is 0.212. The molecule has 122 valence electrons. The Kier molecular flexibility index (Phi) is 6.04. The first-order chi connectivity index (χ1) is 11.0. The van der Waals surface area contributed by atoms with Crippen LogP contribution in [0.2, 0.25) is 10.0 Å². The van der Waals surface area contributed by atoms with Gasteiger partial charge in [0, 0.05) is 5.69 Å². The number of anilines is 1. The van der Waals surface area contributed by atoms with Crippen molar-refractivity contribution in [3.8, 4) is 0 Å². The van der Waals surface area contributed by atoms with Crippen molar-refractivity contribution in [3.63, 3.8) is 0 Å².